The van der Waals surface area contributed by atoms with E-state index in [1.54, 1.807) is 0 Å². The summed E-state index contributed by atoms with van der Waals surface area (Å²) in [4.78, 5) is 0. The number of hydrogen-bond acceptors (Lipinski definition) is 3. The predicted octanol–water partition coefficient (Wildman–Crippen LogP) is 1.16. The molecule has 0 aromatic carbocycles. The van der Waals surface area contributed by atoms with Gasteiger partial charge in [0.1, 0.15) is 0 Å². The standard InChI is InChI=1S/C9H15IN2O/c1-6-3-13-4-8-9(6)7(2)12(5-10)11-8/h7-9,11H,1,3-5H2,2H3. The molecule has 74 valence electrons. The average Bonchev–Trinajstić information content (AvgIpc) is 2.44. The minimum absolute atomic E-state index is 0.450. The average molecular weight is 294 g/mol. The zero-order valence-electron chi connectivity index (χ0n) is 7.79. The first kappa shape index (κ1) is 9.89. The number of hydrogen-bond donors (Lipinski definition) is 1. The Morgan fingerprint density at radius 3 is 3.15 bits per heavy atom. The maximum Gasteiger partial charge on any atom is 0.0678 e. The third-order valence-corrected chi connectivity index (χ3v) is 3.70. The fourth-order valence-corrected chi connectivity index (χ4v) is 3.08. The van der Waals surface area contributed by atoms with E-state index in [2.05, 4.69) is 46.5 Å². The van der Waals surface area contributed by atoms with Crippen LogP contribution in [0, 0.1) is 5.92 Å². The van der Waals surface area contributed by atoms with Crippen LogP contribution in [0.25, 0.3) is 0 Å². The van der Waals surface area contributed by atoms with Crippen LogP contribution in [0.2, 0.25) is 0 Å². The van der Waals surface area contributed by atoms with Gasteiger partial charge in [0.05, 0.1) is 23.8 Å². The van der Waals surface area contributed by atoms with Gasteiger partial charge in [0, 0.05) is 12.0 Å². The van der Waals surface area contributed by atoms with Gasteiger partial charge in [0.2, 0.25) is 0 Å². The van der Waals surface area contributed by atoms with Crippen molar-refractivity contribution in [1.29, 1.82) is 0 Å². The largest absolute Gasteiger partial charge is 0.375 e. The van der Waals surface area contributed by atoms with E-state index in [0.29, 0.717) is 18.0 Å². The Morgan fingerprint density at radius 1 is 1.77 bits per heavy atom. The molecular formula is C9H15IN2O. The second-order valence-corrected chi connectivity index (χ2v) is 4.45. The van der Waals surface area contributed by atoms with Crippen LogP contribution < -0.4 is 5.43 Å². The van der Waals surface area contributed by atoms with Crippen LogP contribution in [-0.2, 0) is 4.74 Å². The van der Waals surface area contributed by atoms with Crippen LogP contribution in [0.4, 0.5) is 0 Å². The molecule has 0 radical (unpaired) electrons. The summed E-state index contributed by atoms with van der Waals surface area (Å²) in [5, 5.41) is 2.27. The van der Waals surface area contributed by atoms with Crippen molar-refractivity contribution in [2.75, 3.05) is 17.8 Å². The molecule has 3 nitrogen and oxygen atoms in total. The molecule has 3 unspecified atom stereocenters. The van der Waals surface area contributed by atoms with Crippen molar-refractivity contribution in [2.24, 2.45) is 5.92 Å². The zero-order valence-corrected chi connectivity index (χ0v) is 9.95. The number of halogens is 1. The highest BCUT2D eigenvalue weighted by Gasteiger charge is 2.41. The normalized spacial score (nSPS) is 40.8. The Balaban J connectivity index is 2.14. The molecule has 0 bridgehead atoms. The Kier molecular flexibility index (Phi) is 2.92. The number of nitrogens with zero attached hydrogens (tertiary/aromatic N) is 1. The second kappa shape index (κ2) is 3.84. The van der Waals surface area contributed by atoms with Crippen LogP contribution >= 0.6 is 22.6 Å². The van der Waals surface area contributed by atoms with E-state index < -0.39 is 0 Å². The Bertz CT molecular complexity index is 220. The third-order valence-electron chi connectivity index (χ3n) is 2.96. The Hall–Kier alpha value is 0.350. The van der Waals surface area contributed by atoms with Crippen molar-refractivity contribution in [3.8, 4) is 0 Å². The summed E-state index contributed by atoms with van der Waals surface area (Å²) < 4.78 is 6.46. The summed E-state index contributed by atoms with van der Waals surface area (Å²) in [7, 11) is 0. The van der Waals surface area contributed by atoms with Crippen LogP contribution in [0.5, 0.6) is 0 Å². The number of ether oxygens (including phenoxy) is 1. The lowest BCUT2D eigenvalue weighted by Crippen LogP contribution is -2.40. The number of rotatable bonds is 1. The fraction of sp³-hybridized carbons (Fsp3) is 0.778. The molecule has 0 amide bonds. The van der Waals surface area contributed by atoms with Gasteiger partial charge in [0.25, 0.3) is 0 Å². The molecular weight excluding hydrogens is 279 g/mol. The van der Waals surface area contributed by atoms with Crippen LogP contribution in [0.1, 0.15) is 6.92 Å². The van der Waals surface area contributed by atoms with Crippen molar-refractivity contribution in [3.05, 3.63) is 12.2 Å². The predicted molar refractivity (Wildman–Crippen MR) is 60.6 cm³/mol. The molecule has 0 aromatic rings. The van der Waals surface area contributed by atoms with E-state index >= 15 is 0 Å². The van der Waals surface area contributed by atoms with Gasteiger partial charge in [-0.2, -0.15) is 0 Å². The molecule has 2 aliphatic heterocycles. The van der Waals surface area contributed by atoms with Gasteiger partial charge >= 0.3 is 0 Å². The molecule has 0 aromatic heterocycles. The molecule has 2 rings (SSSR count). The molecule has 2 aliphatic rings. The summed E-state index contributed by atoms with van der Waals surface area (Å²) in [6.45, 7) is 7.90. The van der Waals surface area contributed by atoms with Crippen molar-refractivity contribution in [3.63, 3.8) is 0 Å². The molecule has 2 fully saturated rings. The monoisotopic (exact) mass is 294 g/mol. The fourth-order valence-electron chi connectivity index (χ4n) is 2.26. The molecule has 0 aliphatic carbocycles. The topological polar surface area (TPSA) is 24.5 Å². The van der Waals surface area contributed by atoms with E-state index in [9.17, 15) is 0 Å². The molecule has 3 atom stereocenters. The highest BCUT2D eigenvalue weighted by molar-refractivity contribution is 14.1. The molecule has 0 spiro atoms. The SMILES string of the molecule is C=C1COCC2NN(CI)C(C)C12. The lowest BCUT2D eigenvalue weighted by atomic mass is 9.87. The van der Waals surface area contributed by atoms with E-state index in [4.69, 9.17) is 4.74 Å². The van der Waals surface area contributed by atoms with Gasteiger partial charge in [-0.25, -0.2) is 10.4 Å². The van der Waals surface area contributed by atoms with Crippen LogP contribution in [0.3, 0.4) is 0 Å². The highest BCUT2D eigenvalue weighted by Crippen LogP contribution is 2.31. The second-order valence-electron chi connectivity index (χ2n) is 3.76. The minimum atomic E-state index is 0.450. The number of nitrogens with one attached hydrogen (secondary N) is 1. The molecule has 0 saturated carbocycles. The van der Waals surface area contributed by atoms with Gasteiger partial charge in [-0.15, -0.1) is 0 Å². The summed E-state index contributed by atoms with van der Waals surface area (Å²) in [6.07, 6.45) is 0. The van der Waals surface area contributed by atoms with Gasteiger partial charge in [-0.1, -0.05) is 29.2 Å². The summed E-state index contributed by atoms with van der Waals surface area (Å²) in [5.41, 5.74) is 4.70. The van der Waals surface area contributed by atoms with Gasteiger partial charge < -0.3 is 4.74 Å². The smallest absolute Gasteiger partial charge is 0.0678 e. The first-order valence-corrected chi connectivity index (χ1v) is 6.10. The Morgan fingerprint density at radius 2 is 2.54 bits per heavy atom. The lowest BCUT2D eigenvalue weighted by molar-refractivity contribution is 0.0878. The summed E-state index contributed by atoms with van der Waals surface area (Å²) in [6, 6.07) is 1.00. The van der Waals surface area contributed by atoms with Crippen LogP contribution in [0.15, 0.2) is 12.2 Å². The van der Waals surface area contributed by atoms with E-state index in [-0.39, 0.29) is 0 Å². The molecule has 1 N–H and O–H groups in total. The Labute approximate surface area is 92.6 Å². The van der Waals surface area contributed by atoms with Crippen molar-refractivity contribution in [1.82, 2.24) is 10.4 Å². The number of alkyl halides is 1. The lowest BCUT2D eigenvalue weighted by Gasteiger charge is -2.28. The molecule has 2 saturated heterocycles. The number of fused-ring (bicyclic) bond motifs is 1. The van der Waals surface area contributed by atoms with Crippen molar-refractivity contribution in [2.45, 2.75) is 19.0 Å². The molecule has 2 heterocycles. The quantitative estimate of drug-likeness (QED) is 0.340. The van der Waals surface area contributed by atoms with Gasteiger partial charge in [0.15, 0.2) is 0 Å². The number of hydrazine groups is 1. The van der Waals surface area contributed by atoms with Crippen molar-refractivity contribution >= 4 is 22.6 Å². The highest BCUT2D eigenvalue weighted by atomic mass is 127. The maximum atomic E-state index is 5.45. The molecule has 13 heavy (non-hydrogen) atoms. The first-order chi connectivity index (χ1) is 6.24. The summed E-state index contributed by atoms with van der Waals surface area (Å²) >= 11 is 2.38. The van der Waals surface area contributed by atoms with Gasteiger partial charge in [-0.3, -0.25) is 0 Å². The van der Waals surface area contributed by atoms with E-state index in [1.165, 1.54) is 5.57 Å². The third kappa shape index (κ3) is 1.65. The minimum Gasteiger partial charge on any atom is -0.375 e. The van der Waals surface area contributed by atoms with Crippen LogP contribution in [-0.4, -0.2) is 34.9 Å². The summed E-state index contributed by atoms with van der Waals surface area (Å²) in [5.74, 6) is 0.573. The van der Waals surface area contributed by atoms with Gasteiger partial charge in [-0.05, 0) is 12.5 Å². The maximum absolute atomic E-state index is 5.45. The molecule has 4 heteroatoms. The zero-order chi connectivity index (χ0) is 9.42. The van der Waals surface area contributed by atoms with Crippen molar-refractivity contribution < 1.29 is 4.74 Å². The van der Waals surface area contributed by atoms with E-state index in [0.717, 1.165) is 17.8 Å². The first-order valence-electron chi connectivity index (χ1n) is 4.58. The van der Waals surface area contributed by atoms with E-state index in [1.807, 2.05) is 0 Å².